The molecule has 0 aromatic heterocycles. The van der Waals surface area contributed by atoms with Crippen LogP contribution in [0.1, 0.15) is 31.9 Å². The second-order valence-corrected chi connectivity index (χ2v) is 10.0. The SMILES string of the molecule is C#Cc1ccc(F)c([C@]2(C)C[S@@](=O)(=NCC(F)(F)F)C(C)(C)C(NC(=O)O)=N2)c1. The maximum Gasteiger partial charge on any atom is 0.410 e. The Morgan fingerprint density at radius 3 is 2.55 bits per heavy atom. The minimum Gasteiger partial charge on any atom is -0.465 e. The van der Waals surface area contributed by atoms with Crippen molar-refractivity contribution in [2.45, 2.75) is 37.2 Å². The zero-order valence-corrected chi connectivity index (χ0v) is 16.6. The van der Waals surface area contributed by atoms with Gasteiger partial charge in [-0.15, -0.1) is 6.42 Å². The molecule has 0 bridgehead atoms. The molecule has 11 heteroatoms. The molecule has 0 saturated heterocycles. The van der Waals surface area contributed by atoms with Crippen LogP contribution in [0, 0.1) is 18.2 Å². The number of hydrogen-bond acceptors (Lipinski definition) is 4. The number of nitrogens with one attached hydrogen (secondary N) is 1. The first-order valence-electron chi connectivity index (χ1n) is 8.27. The molecule has 1 aromatic carbocycles. The third-order valence-corrected chi connectivity index (χ3v) is 7.88. The maximum absolute atomic E-state index is 14.6. The lowest BCUT2D eigenvalue weighted by atomic mass is 9.92. The quantitative estimate of drug-likeness (QED) is 0.552. The lowest BCUT2D eigenvalue weighted by Gasteiger charge is -2.41. The van der Waals surface area contributed by atoms with Crippen LogP contribution < -0.4 is 5.32 Å². The topological polar surface area (TPSA) is 91.1 Å². The lowest BCUT2D eigenvalue weighted by molar-refractivity contribution is -0.117. The molecular weight excluding hydrogens is 414 g/mol. The van der Waals surface area contributed by atoms with E-state index in [9.17, 15) is 26.6 Å². The third-order valence-electron chi connectivity index (χ3n) is 4.59. The third kappa shape index (κ3) is 4.53. The second-order valence-electron chi connectivity index (χ2n) is 7.20. The van der Waals surface area contributed by atoms with Crippen molar-refractivity contribution < 1.29 is 31.7 Å². The van der Waals surface area contributed by atoms with Gasteiger partial charge in [0.05, 0.1) is 15.5 Å². The van der Waals surface area contributed by atoms with Gasteiger partial charge >= 0.3 is 12.3 Å². The van der Waals surface area contributed by atoms with E-state index in [4.69, 9.17) is 11.5 Å². The predicted octanol–water partition coefficient (Wildman–Crippen LogP) is 3.51. The van der Waals surface area contributed by atoms with Crippen LogP contribution in [0.15, 0.2) is 27.6 Å². The number of terminal acetylenes is 1. The summed E-state index contributed by atoms with van der Waals surface area (Å²) >= 11 is 0. The van der Waals surface area contributed by atoms with Gasteiger partial charge in [-0.3, -0.25) is 10.3 Å². The molecule has 158 valence electrons. The normalized spacial score (nSPS) is 26.2. The van der Waals surface area contributed by atoms with E-state index in [0.29, 0.717) is 0 Å². The highest BCUT2D eigenvalue weighted by Gasteiger charge is 2.50. The molecular formula is C18H19F4N3O3S. The van der Waals surface area contributed by atoms with Crippen molar-refractivity contribution in [2.75, 3.05) is 12.3 Å². The minimum atomic E-state index is -4.72. The van der Waals surface area contributed by atoms with Crippen LogP contribution in [0.25, 0.3) is 0 Å². The average Bonchev–Trinajstić information content (AvgIpc) is 2.57. The molecule has 0 radical (unpaired) electrons. The molecule has 0 unspecified atom stereocenters. The zero-order chi connectivity index (χ0) is 22.3. The molecule has 0 saturated carbocycles. The number of nitrogens with zero attached hydrogens (tertiary/aromatic N) is 2. The number of aliphatic imine (C=N–C) groups is 1. The van der Waals surface area contributed by atoms with Gasteiger partial charge in [-0.1, -0.05) is 5.92 Å². The van der Waals surface area contributed by atoms with Gasteiger partial charge in [0.15, 0.2) is 0 Å². The number of carboxylic acid groups (broad SMARTS) is 1. The molecule has 2 atom stereocenters. The fourth-order valence-electron chi connectivity index (χ4n) is 2.96. The first kappa shape index (κ1) is 22.7. The summed E-state index contributed by atoms with van der Waals surface area (Å²) in [5, 5.41) is 11.1. The van der Waals surface area contributed by atoms with E-state index in [1.54, 1.807) is 0 Å². The molecule has 2 N–H and O–H groups in total. The molecule has 2 rings (SSSR count). The van der Waals surface area contributed by atoms with Crippen molar-refractivity contribution in [3.05, 3.63) is 35.1 Å². The van der Waals surface area contributed by atoms with Crippen LogP contribution in [0.2, 0.25) is 0 Å². The lowest BCUT2D eigenvalue weighted by Crippen LogP contribution is -2.57. The molecule has 0 spiro atoms. The van der Waals surface area contributed by atoms with Crippen LogP contribution in [-0.4, -0.2) is 44.5 Å². The summed E-state index contributed by atoms with van der Waals surface area (Å²) in [7, 11) is -3.76. The van der Waals surface area contributed by atoms with Crippen LogP contribution in [0.3, 0.4) is 0 Å². The number of hydrogen-bond donors (Lipinski definition) is 2. The molecule has 1 aromatic rings. The number of amides is 1. The molecule has 1 aliphatic heterocycles. The van der Waals surface area contributed by atoms with Gasteiger partial charge in [-0.25, -0.2) is 17.8 Å². The van der Waals surface area contributed by atoms with E-state index < -0.39 is 50.4 Å². The molecule has 29 heavy (non-hydrogen) atoms. The number of alkyl halides is 3. The Morgan fingerprint density at radius 2 is 2.03 bits per heavy atom. The Hall–Kier alpha value is -2.61. The fraction of sp³-hybridized carbons (Fsp3) is 0.444. The highest BCUT2D eigenvalue weighted by molar-refractivity contribution is 7.95. The Morgan fingerprint density at radius 1 is 1.41 bits per heavy atom. The molecule has 0 aliphatic carbocycles. The van der Waals surface area contributed by atoms with Crippen molar-refractivity contribution in [3.8, 4) is 12.3 Å². The molecule has 0 fully saturated rings. The average molecular weight is 433 g/mol. The Kier molecular flexibility index (Phi) is 5.73. The zero-order valence-electron chi connectivity index (χ0n) is 15.8. The van der Waals surface area contributed by atoms with Crippen molar-refractivity contribution in [1.82, 2.24) is 5.32 Å². The number of carbonyl (C=O) groups is 1. The molecule has 1 heterocycles. The van der Waals surface area contributed by atoms with Gasteiger partial charge < -0.3 is 5.11 Å². The summed E-state index contributed by atoms with van der Waals surface area (Å²) in [5.41, 5.74) is -1.52. The van der Waals surface area contributed by atoms with E-state index in [1.807, 2.05) is 5.32 Å². The molecule has 1 aliphatic rings. The predicted molar refractivity (Wildman–Crippen MR) is 101 cm³/mol. The van der Waals surface area contributed by atoms with Gasteiger partial charge in [0.1, 0.15) is 28.5 Å². The smallest absolute Gasteiger partial charge is 0.410 e. The summed E-state index contributed by atoms with van der Waals surface area (Å²) in [6.45, 7) is 2.20. The van der Waals surface area contributed by atoms with Crippen molar-refractivity contribution in [2.24, 2.45) is 9.36 Å². The molecule has 1 amide bonds. The van der Waals surface area contributed by atoms with Crippen LogP contribution in [-0.2, 0) is 15.3 Å². The number of benzene rings is 1. The molecule has 6 nitrogen and oxygen atoms in total. The first-order valence-corrected chi connectivity index (χ1v) is 9.96. The van der Waals surface area contributed by atoms with E-state index >= 15 is 0 Å². The van der Waals surface area contributed by atoms with Crippen LogP contribution in [0.4, 0.5) is 22.4 Å². The van der Waals surface area contributed by atoms with Gasteiger partial charge in [-0.05, 0) is 39.0 Å². The number of halogens is 4. The summed E-state index contributed by atoms with van der Waals surface area (Å²) in [4.78, 5) is 15.5. The van der Waals surface area contributed by atoms with Gasteiger partial charge in [0.2, 0.25) is 0 Å². The Labute approximate surface area is 165 Å². The van der Waals surface area contributed by atoms with Gasteiger partial charge in [-0.2, -0.15) is 13.2 Å². The van der Waals surface area contributed by atoms with Crippen molar-refractivity contribution in [1.29, 1.82) is 0 Å². The van der Waals surface area contributed by atoms with E-state index in [0.717, 1.165) is 6.07 Å². The summed E-state index contributed by atoms with van der Waals surface area (Å²) < 4.78 is 68.3. The standard InChI is InChI=1S/C18H19F4N3O3S/c1-5-11-6-7-13(19)12(8-11)17(4)10-29(28,23-9-18(20,21)22)16(2,3)14(25-17)24-15(26)27/h1,6-8H,9-10H2,2-4H3,(H,24,25)(H,26,27)/t17-,29-/m0/s1. The highest BCUT2D eigenvalue weighted by Crippen LogP contribution is 2.40. The second kappa shape index (κ2) is 7.33. The van der Waals surface area contributed by atoms with Crippen molar-refractivity contribution >= 4 is 21.7 Å². The number of amidine groups is 1. The van der Waals surface area contributed by atoms with E-state index in [2.05, 4.69) is 15.3 Å². The first-order chi connectivity index (χ1) is 13.1. The minimum absolute atomic E-state index is 0.122. The Bertz CT molecular complexity index is 1030. The number of rotatable bonds is 2. The maximum atomic E-state index is 14.6. The van der Waals surface area contributed by atoms with E-state index in [1.165, 1.54) is 32.9 Å². The summed E-state index contributed by atoms with van der Waals surface area (Å²) in [6, 6.07) is 3.64. The van der Waals surface area contributed by atoms with Crippen molar-refractivity contribution in [3.63, 3.8) is 0 Å². The monoisotopic (exact) mass is 433 g/mol. The van der Waals surface area contributed by atoms with E-state index in [-0.39, 0.29) is 17.0 Å². The van der Waals surface area contributed by atoms with Gasteiger partial charge in [0.25, 0.3) is 0 Å². The van der Waals surface area contributed by atoms with Crippen LogP contribution in [0.5, 0.6) is 0 Å². The summed E-state index contributed by atoms with van der Waals surface area (Å²) in [6.07, 6.45) is -0.952. The van der Waals surface area contributed by atoms with Crippen LogP contribution >= 0.6 is 0 Å². The fourth-order valence-corrected chi connectivity index (χ4v) is 5.47. The van der Waals surface area contributed by atoms with Gasteiger partial charge in [0, 0.05) is 11.1 Å². The Balaban J connectivity index is 2.79. The summed E-state index contributed by atoms with van der Waals surface area (Å²) in [5.74, 6) is 0.601. The highest BCUT2D eigenvalue weighted by atomic mass is 32.2. The largest absolute Gasteiger partial charge is 0.465 e.